The largest absolute Gasteiger partial charge is 0.457 e. The molecule has 152 valence electrons. The number of carbonyl (C=O) groups is 1. The molecule has 3 aromatic carbocycles. The Bertz CT molecular complexity index is 1250. The molecular weight excluding hydrogens is 412 g/mol. The van der Waals surface area contributed by atoms with E-state index in [1.165, 1.54) is 6.21 Å². The van der Waals surface area contributed by atoms with Crippen molar-refractivity contribution in [2.45, 2.75) is 5.92 Å². The number of halogens is 1. The third-order valence-corrected chi connectivity index (χ3v) is 5.28. The van der Waals surface area contributed by atoms with Gasteiger partial charge in [0.2, 0.25) is 0 Å². The highest BCUT2D eigenvalue weighted by atomic mass is 35.5. The number of hydrazone groups is 1. The van der Waals surface area contributed by atoms with E-state index in [0.29, 0.717) is 28.0 Å². The third kappa shape index (κ3) is 3.83. The summed E-state index contributed by atoms with van der Waals surface area (Å²) in [6.45, 7) is 0. The number of hydrogen-bond donors (Lipinski definition) is 1. The van der Waals surface area contributed by atoms with Crippen LogP contribution in [-0.2, 0) is 4.79 Å². The summed E-state index contributed by atoms with van der Waals surface area (Å²) in [7, 11) is 0. The maximum Gasteiger partial charge on any atom is 0.252 e. The fraction of sp³-hybridized carbons (Fsp3) is 0.0400. The Morgan fingerprint density at radius 3 is 2.32 bits per heavy atom. The first-order chi connectivity index (χ1) is 15.2. The maximum atomic E-state index is 13.1. The van der Waals surface area contributed by atoms with Gasteiger partial charge in [-0.25, -0.2) is 5.43 Å². The zero-order valence-corrected chi connectivity index (χ0v) is 17.0. The molecule has 4 aromatic rings. The van der Waals surface area contributed by atoms with Gasteiger partial charge in [-0.15, -0.1) is 0 Å². The Labute approximate surface area is 183 Å². The highest BCUT2D eigenvalue weighted by molar-refractivity contribution is 6.30. The lowest BCUT2D eigenvalue weighted by Gasteiger charge is -2.26. The fourth-order valence-corrected chi connectivity index (χ4v) is 3.83. The van der Waals surface area contributed by atoms with Crippen LogP contribution in [-0.4, -0.2) is 12.1 Å². The van der Waals surface area contributed by atoms with Gasteiger partial charge in [-0.05, 0) is 36.4 Å². The summed E-state index contributed by atoms with van der Waals surface area (Å²) in [5, 5.41) is 4.73. The van der Waals surface area contributed by atoms with Gasteiger partial charge < -0.3 is 9.15 Å². The predicted molar refractivity (Wildman–Crippen MR) is 120 cm³/mol. The number of benzene rings is 3. The highest BCUT2D eigenvalue weighted by Crippen LogP contribution is 2.43. The Balaban J connectivity index is 1.35. The molecule has 1 N–H and O–H groups in total. The Kier molecular flexibility index (Phi) is 5.02. The Morgan fingerprint density at radius 2 is 1.61 bits per heavy atom. The lowest BCUT2D eigenvalue weighted by Crippen LogP contribution is -2.28. The third-order valence-electron chi connectivity index (χ3n) is 5.04. The van der Waals surface area contributed by atoms with Crippen molar-refractivity contribution >= 4 is 23.7 Å². The second-order valence-corrected chi connectivity index (χ2v) is 7.49. The summed E-state index contributed by atoms with van der Waals surface area (Å²) in [5.74, 6) is 1.76. The van der Waals surface area contributed by atoms with Crippen LogP contribution in [0.2, 0.25) is 5.02 Å². The number of amides is 1. The molecule has 1 amide bonds. The molecule has 1 aliphatic heterocycles. The molecule has 0 bridgehead atoms. The van der Waals surface area contributed by atoms with Crippen LogP contribution in [0.15, 0.2) is 94.4 Å². The second kappa shape index (κ2) is 8.13. The van der Waals surface area contributed by atoms with Gasteiger partial charge in [0.25, 0.3) is 5.91 Å². The molecule has 5 rings (SSSR count). The number of ether oxygens (including phenoxy) is 1. The molecule has 2 heterocycles. The number of rotatable bonds is 4. The van der Waals surface area contributed by atoms with Gasteiger partial charge in [0, 0.05) is 21.7 Å². The first-order valence-electron chi connectivity index (χ1n) is 9.73. The van der Waals surface area contributed by atoms with E-state index in [4.69, 9.17) is 20.8 Å². The molecule has 0 spiro atoms. The van der Waals surface area contributed by atoms with Crippen molar-refractivity contribution in [3.8, 4) is 22.8 Å². The van der Waals surface area contributed by atoms with Crippen molar-refractivity contribution in [1.29, 1.82) is 0 Å². The average Bonchev–Trinajstić information content (AvgIpc) is 3.26. The van der Waals surface area contributed by atoms with Crippen LogP contribution in [0.5, 0.6) is 11.5 Å². The Hall–Kier alpha value is -3.83. The summed E-state index contributed by atoms with van der Waals surface area (Å²) in [6, 6.07) is 26.1. The second-order valence-electron chi connectivity index (χ2n) is 7.06. The van der Waals surface area contributed by atoms with Gasteiger partial charge in [-0.2, -0.15) is 5.10 Å². The zero-order valence-electron chi connectivity index (χ0n) is 16.3. The van der Waals surface area contributed by atoms with Crippen molar-refractivity contribution < 1.29 is 13.9 Å². The van der Waals surface area contributed by atoms with E-state index >= 15 is 0 Å². The van der Waals surface area contributed by atoms with Gasteiger partial charge in [-0.3, -0.25) is 4.79 Å². The van der Waals surface area contributed by atoms with Crippen molar-refractivity contribution in [2.75, 3.05) is 0 Å². The number of nitrogens with one attached hydrogen (secondary N) is 1. The first kappa shape index (κ1) is 19.2. The van der Waals surface area contributed by atoms with Crippen LogP contribution in [0.25, 0.3) is 11.3 Å². The molecule has 0 saturated carbocycles. The normalized spacial score (nSPS) is 12.8. The average molecular weight is 429 g/mol. The number of fused-ring (bicyclic) bond motifs is 2. The van der Waals surface area contributed by atoms with Gasteiger partial charge in [-0.1, -0.05) is 60.1 Å². The van der Waals surface area contributed by atoms with Crippen molar-refractivity contribution in [3.63, 3.8) is 0 Å². The summed E-state index contributed by atoms with van der Waals surface area (Å²) >= 11 is 6.04. The van der Waals surface area contributed by atoms with Gasteiger partial charge in [0.15, 0.2) is 0 Å². The van der Waals surface area contributed by atoms with Crippen molar-refractivity contribution in [1.82, 2.24) is 5.43 Å². The van der Waals surface area contributed by atoms with E-state index < -0.39 is 5.92 Å². The Morgan fingerprint density at radius 1 is 0.903 bits per heavy atom. The SMILES string of the molecule is O=C(NN=Cc1ccc(-c2cccc(Cl)c2)o1)C1c2ccccc2Oc2ccccc21. The molecule has 0 saturated heterocycles. The maximum absolute atomic E-state index is 13.1. The van der Waals surface area contributed by atoms with Gasteiger partial charge in [0.1, 0.15) is 23.0 Å². The van der Waals surface area contributed by atoms with E-state index in [-0.39, 0.29) is 5.91 Å². The smallest absolute Gasteiger partial charge is 0.252 e. The molecule has 1 aromatic heterocycles. The van der Waals surface area contributed by atoms with E-state index in [2.05, 4.69) is 10.5 Å². The van der Waals surface area contributed by atoms with Crippen molar-refractivity contribution in [3.05, 3.63) is 107 Å². The van der Waals surface area contributed by atoms with Gasteiger partial charge >= 0.3 is 0 Å². The molecule has 1 aliphatic rings. The monoisotopic (exact) mass is 428 g/mol. The van der Waals surface area contributed by atoms with E-state index in [0.717, 1.165) is 16.7 Å². The number of para-hydroxylation sites is 2. The van der Waals surface area contributed by atoms with Crippen LogP contribution in [0.1, 0.15) is 22.8 Å². The van der Waals surface area contributed by atoms with Crippen LogP contribution in [0, 0.1) is 0 Å². The molecular formula is C25H17ClN2O3. The standard InChI is InChI=1S/C25H17ClN2O3/c26-17-7-5-6-16(14-17)21-13-12-18(30-21)15-27-28-25(29)24-19-8-1-3-10-22(19)31-23-11-4-2-9-20(23)24/h1-15,24H,(H,28,29). The van der Waals surface area contributed by atoms with Gasteiger partial charge in [0.05, 0.1) is 12.1 Å². The number of carbonyl (C=O) groups excluding carboxylic acids is 1. The molecule has 0 aliphatic carbocycles. The van der Waals surface area contributed by atoms with Crippen molar-refractivity contribution in [2.24, 2.45) is 5.10 Å². The number of nitrogens with zero attached hydrogens (tertiary/aromatic N) is 1. The molecule has 0 radical (unpaired) electrons. The predicted octanol–water partition coefficient (Wildman–Crippen LogP) is 5.99. The quantitative estimate of drug-likeness (QED) is 0.321. The first-order valence-corrected chi connectivity index (χ1v) is 10.1. The summed E-state index contributed by atoms with van der Waals surface area (Å²) in [5.41, 5.74) is 5.10. The van der Waals surface area contributed by atoms with Crippen LogP contribution >= 0.6 is 11.6 Å². The van der Waals surface area contributed by atoms with E-state index in [1.54, 1.807) is 12.1 Å². The molecule has 0 fully saturated rings. The fourth-order valence-electron chi connectivity index (χ4n) is 3.64. The zero-order chi connectivity index (χ0) is 21.2. The molecule has 6 heteroatoms. The summed E-state index contributed by atoms with van der Waals surface area (Å²) in [4.78, 5) is 13.1. The minimum atomic E-state index is -0.517. The molecule has 5 nitrogen and oxygen atoms in total. The molecule has 0 atom stereocenters. The van der Waals surface area contributed by atoms with Crippen LogP contribution < -0.4 is 10.2 Å². The lowest BCUT2D eigenvalue weighted by molar-refractivity contribution is -0.121. The summed E-state index contributed by atoms with van der Waals surface area (Å²) in [6.07, 6.45) is 1.48. The minimum absolute atomic E-state index is 0.249. The lowest BCUT2D eigenvalue weighted by atomic mass is 9.87. The summed E-state index contributed by atoms with van der Waals surface area (Å²) < 4.78 is 11.7. The minimum Gasteiger partial charge on any atom is -0.457 e. The van der Waals surface area contributed by atoms with E-state index in [9.17, 15) is 4.79 Å². The molecule has 31 heavy (non-hydrogen) atoms. The molecule has 0 unspecified atom stereocenters. The number of furan rings is 1. The van der Waals surface area contributed by atoms with Crippen LogP contribution in [0.4, 0.5) is 0 Å². The highest BCUT2D eigenvalue weighted by Gasteiger charge is 2.32. The van der Waals surface area contributed by atoms with E-state index in [1.807, 2.05) is 72.8 Å². The van der Waals surface area contributed by atoms with Crippen LogP contribution in [0.3, 0.4) is 0 Å². The topological polar surface area (TPSA) is 63.8 Å². The number of hydrogen-bond acceptors (Lipinski definition) is 4.